The van der Waals surface area contributed by atoms with Gasteiger partial charge in [-0.3, -0.25) is 0 Å². The van der Waals surface area contributed by atoms with Gasteiger partial charge in [-0.25, -0.2) is 4.39 Å². The van der Waals surface area contributed by atoms with E-state index in [0.29, 0.717) is 16.7 Å². The summed E-state index contributed by atoms with van der Waals surface area (Å²) in [5, 5.41) is 6.34. The van der Waals surface area contributed by atoms with Gasteiger partial charge in [0, 0.05) is 6.54 Å². The zero-order valence-electron chi connectivity index (χ0n) is 9.80. The maximum Gasteiger partial charge on any atom is 0.170 e. The number of hydrogen-bond acceptors (Lipinski definition) is 1. The second kappa shape index (κ2) is 5.80. The molecule has 0 unspecified atom stereocenters. The fraction of sp³-hybridized carbons (Fsp3) is 0.417. The van der Waals surface area contributed by atoms with Crippen molar-refractivity contribution in [1.82, 2.24) is 5.32 Å². The van der Waals surface area contributed by atoms with Crippen molar-refractivity contribution in [3.05, 3.63) is 29.6 Å². The molecule has 0 saturated carbocycles. The Morgan fingerprint density at radius 2 is 2.12 bits per heavy atom. The van der Waals surface area contributed by atoms with Crippen molar-refractivity contribution in [3.63, 3.8) is 0 Å². The van der Waals surface area contributed by atoms with E-state index in [2.05, 4.69) is 24.5 Å². The molecule has 0 atom stereocenters. The van der Waals surface area contributed by atoms with Gasteiger partial charge in [0.15, 0.2) is 5.11 Å². The van der Waals surface area contributed by atoms with E-state index in [0.717, 1.165) is 12.1 Å². The van der Waals surface area contributed by atoms with Crippen LogP contribution in [0.2, 0.25) is 0 Å². The van der Waals surface area contributed by atoms with Crippen LogP contribution in [-0.4, -0.2) is 11.7 Å². The molecule has 0 aliphatic rings. The average molecular weight is 240 g/mol. The number of benzene rings is 1. The lowest BCUT2D eigenvalue weighted by Crippen LogP contribution is -2.31. The number of rotatable bonds is 3. The highest BCUT2D eigenvalue weighted by atomic mass is 32.1. The lowest BCUT2D eigenvalue weighted by atomic mass is 10.2. The molecule has 2 nitrogen and oxygen atoms in total. The predicted molar refractivity (Wildman–Crippen MR) is 70.2 cm³/mol. The van der Waals surface area contributed by atoms with Crippen LogP contribution in [0.4, 0.5) is 10.1 Å². The molecule has 0 aromatic heterocycles. The van der Waals surface area contributed by atoms with E-state index in [9.17, 15) is 4.39 Å². The van der Waals surface area contributed by atoms with Crippen molar-refractivity contribution >= 4 is 23.0 Å². The molecule has 88 valence electrons. The zero-order valence-corrected chi connectivity index (χ0v) is 10.6. The smallest absolute Gasteiger partial charge is 0.170 e. The lowest BCUT2D eigenvalue weighted by Gasteiger charge is -2.13. The van der Waals surface area contributed by atoms with E-state index < -0.39 is 0 Å². The summed E-state index contributed by atoms with van der Waals surface area (Å²) < 4.78 is 13.4. The summed E-state index contributed by atoms with van der Waals surface area (Å²) in [7, 11) is 0. The summed E-state index contributed by atoms with van der Waals surface area (Å²) in [6.07, 6.45) is 0. The fourth-order valence-corrected chi connectivity index (χ4v) is 1.39. The molecule has 0 spiro atoms. The molecule has 1 aromatic carbocycles. The van der Waals surface area contributed by atoms with E-state index in [1.54, 1.807) is 12.1 Å². The second-order valence-electron chi connectivity index (χ2n) is 4.21. The SMILES string of the molecule is Cc1ccc(F)c(NC(=S)NCC(C)C)c1. The lowest BCUT2D eigenvalue weighted by molar-refractivity contribution is 0.624. The summed E-state index contributed by atoms with van der Waals surface area (Å²) in [6.45, 7) is 6.86. The minimum absolute atomic E-state index is 0.292. The second-order valence-corrected chi connectivity index (χ2v) is 4.62. The summed E-state index contributed by atoms with van der Waals surface area (Å²) in [5.74, 6) is 0.210. The number of anilines is 1. The van der Waals surface area contributed by atoms with Crippen LogP contribution in [0, 0.1) is 18.7 Å². The fourth-order valence-electron chi connectivity index (χ4n) is 1.20. The number of aryl methyl sites for hydroxylation is 1. The number of thiocarbonyl (C=S) groups is 1. The van der Waals surface area contributed by atoms with Crippen LogP contribution in [0.15, 0.2) is 18.2 Å². The van der Waals surface area contributed by atoms with Gasteiger partial charge in [-0.05, 0) is 42.8 Å². The van der Waals surface area contributed by atoms with Gasteiger partial charge in [0.1, 0.15) is 5.82 Å². The van der Waals surface area contributed by atoms with Gasteiger partial charge in [-0.1, -0.05) is 19.9 Å². The van der Waals surface area contributed by atoms with Crippen LogP contribution in [0.5, 0.6) is 0 Å². The van der Waals surface area contributed by atoms with E-state index >= 15 is 0 Å². The van der Waals surface area contributed by atoms with E-state index in [1.807, 2.05) is 6.92 Å². The van der Waals surface area contributed by atoms with Gasteiger partial charge in [0.25, 0.3) is 0 Å². The van der Waals surface area contributed by atoms with Crippen molar-refractivity contribution < 1.29 is 4.39 Å². The molecule has 2 N–H and O–H groups in total. The van der Waals surface area contributed by atoms with Gasteiger partial charge in [-0.15, -0.1) is 0 Å². The molecule has 16 heavy (non-hydrogen) atoms. The third-order valence-corrected chi connectivity index (χ3v) is 2.29. The molecular weight excluding hydrogens is 223 g/mol. The normalized spacial score (nSPS) is 10.3. The van der Waals surface area contributed by atoms with Gasteiger partial charge >= 0.3 is 0 Å². The van der Waals surface area contributed by atoms with Gasteiger partial charge < -0.3 is 10.6 Å². The first-order valence-corrected chi connectivity index (χ1v) is 5.71. The molecule has 0 aliphatic heterocycles. The van der Waals surface area contributed by atoms with Crippen LogP contribution >= 0.6 is 12.2 Å². The number of hydrogen-bond donors (Lipinski definition) is 2. The Balaban J connectivity index is 2.59. The quantitative estimate of drug-likeness (QED) is 0.794. The maximum absolute atomic E-state index is 13.4. The highest BCUT2D eigenvalue weighted by Crippen LogP contribution is 2.15. The molecule has 4 heteroatoms. The van der Waals surface area contributed by atoms with Crippen molar-refractivity contribution in [3.8, 4) is 0 Å². The highest BCUT2D eigenvalue weighted by molar-refractivity contribution is 7.80. The first-order chi connectivity index (χ1) is 7.49. The van der Waals surface area contributed by atoms with Crippen LogP contribution in [-0.2, 0) is 0 Å². The number of halogens is 1. The highest BCUT2D eigenvalue weighted by Gasteiger charge is 2.04. The summed E-state index contributed by atoms with van der Waals surface area (Å²) >= 11 is 5.07. The molecule has 1 aromatic rings. The summed E-state index contributed by atoms with van der Waals surface area (Å²) in [6, 6.07) is 4.90. The molecule has 1 rings (SSSR count). The monoisotopic (exact) mass is 240 g/mol. The Morgan fingerprint density at radius 3 is 2.75 bits per heavy atom. The number of nitrogens with one attached hydrogen (secondary N) is 2. The molecule has 0 bridgehead atoms. The Morgan fingerprint density at radius 1 is 1.44 bits per heavy atom. The standard InChI is InChI=1S/C12H17FN2S/c1-8(2)7-14-12(16)15-11-6-9(3)4-5-10(11)13/h4-6,8H,7H2,1-3H3,(H2,14,15,16). The average Bonchev–Trinajstić information content (AvgIpc) is 2.20. The van der Waals surface area contributed by atoms with Crippen LogP contribution < -0.4 is 10.6 Å². The van der Waals surface area contributed by atoms with Gasteiger partial charge in [0.05, 0.1) is 5.69 Å². The van der Waals surface area contributed by atoms with E-state index in [4.69, 9.17) is 12.2 Å². The van der Waals surface area contributed by atoms with Crippen molar-refractivity contribution in [2.24, 2.45) is 5.92 Å². The molecule has 0 aliphatic carbocycles. The summed E-state index contributed by atoms with van der Waals surface area (Å²) in [4.78, 5) is 0. The Hall–Kier alpha value is -1.16. The van der Waals surface area contributed by atoms with Crippen LogP contribution in [0.25, 0.3) is 0 Å². The third-order valence-electron chi connectivity index (χ3n) is 2.04. The first-order valence-electron chi connectivity index (χ1n) is 5.30. The molecule has 0 amide bonds. The van der Waals surface area contributed by atoms with E-state index in [-0.39, 0.29) is 5.82 Å². The van der Waals surface area contributed by atoms with Crippen molar-refractivity contribution in [1.29, 1.82) is 0 Å². The van der Waals surface area contributed by atoms with Crippen molar-refractivity contribution in [2.45, 2.75) is 20.8 Å². The molecule has 0 fully saturated rings. The van der Waals surface area contributed by atoms with Crippen molar-refractivity contribution in [2.75, 3.05) is 11.9 Å². The first kappa shape index (κ1) is 12.9. The maximum atomic E-state index is 13.4. The zero-order chi connectivity index (χ0) is 12.1. The van der Waals surface area contributed by atoms with E-state index in [1.165, 1.54) is 6.07 Å². The minimum Gasteiger partial charge on any atom is -0.362 e. The molecular formula is C12H17FN2S. The van der Waals surface area contributed by atoms with Crippen LogP contribution in [0.3, 0.4) is 0 Å². The molecule has 0 heterocycles. The van der Waals surface area contributed by atoms with Crippen LogP contribution in [0.1, 0.15) is 19.4 Å². The predicted octanol–water partition coefficient (Wildman–Crippen LogP) is 3.08. The Bertz CT molecular complexity index is 377. The Labute approximate surface area is 101 Å². The molecule has 0 radical (unpaired) electrons. The third kappa shape index (κ3) is 4.14. The topological polar surface area (TPSA) is 24.1 Å². The Kier molecular flexibility index (Phi) is 4.68. The minimum atomic E-state index is -0.292. The molecule has 0 saturated heterocycles. The largest absolute Gasteiger partial charge is 0.362 e. The van der Waals surface area contributed by atoms with Gasteiger partial charge in [-0.2, -0.15) is 0 Å². The van der Waals surface area contributed by atoms with Gasteiger partial charge in [0.2, 0.25) is 0 Å². The summed E-state index contributed by atoms with van der Waals surface area (Å²) in [5.41, 5.74) is 1.41.